The topological polar surface area (TPSA) is 84.9 Å². The van der Waals surface area contributed by atoms with E-state index < -0.39 is 6.03 Å². The summed E-state index contributed by atoms with van der Waals surface area (Å²) in [5.74, 6) is -0.272. The summed E-state index contributed by atoms with van der Waals surface area (Å²) < 4.78 is 0. The van der Waals surface area contributed by atoms with E-state index >= 15 is 0 Å². The Morgan fingerprint density at radius 3 is 2.55 bits per heavy atom. The van der Waals surface area contributed by atoms with Gasteiger partial charge in [0, 0.05) is 43.3 Å². The fourth-order valence-electron chi connectivity index (χ4n) is 4.20. The highest BCUT2D eigenvalue weighted by Crippen LogP contribution is 2.40. The molecule has 1 saturated carbocycles. The fourth-order valence-corrected chi connectivity index (χ4v) is 4.54. The number of halogens is 1. The van der Waals surface area contributed by atoms with Gasteiger partial charge in [-0.25, -0.2) is 4.79 Å². The number of hydrogen-bond donors (Lipinski definition) is 3. The van der Waals surface area contributed by atoms with Gasteiger partial charge in [-0.1, -0.05) is 35.9 Å². The normalized spacial score (nSPS) is 18.0. The monoisotopic (exact) mass is 442 g/mol. The minimum absolute atomic E-state index is 0.0368. The van der Waals surface area contributed by atoms with E-state index in [1.807, 2.05) is 36.4 Å². The quantitative estimate of drug-likeness (QED) is 0.550. The van der Waals surface area contributed by atoms with Gasteiger partial charge in [-0.05, 0) is 49.4 Å². The van der Waals surface area contributed by atoms with E-state index in [0.717, 1.165) is 36.1 Å². The van der Waals surface area contributed by atoms with Gasteiger partial charge in [0.25, 0.3) is 0 Å². The number of benzene rings is 2. The number of carbonyl (C=O) groups is 2. The maximum Gasteiger partial charge on any atom is 0.328 e. The van der Waals surface area contributed by atoms with E-state index in [1.165, 1.54) is 16.4 Å². The molecule has 8 heteroatoms. The molecule has 164 valence electrons. The van der Waals surface area contributed by atoms with Gasteiger partial charge in [0.05, 0.1) is 10.7 Å². The van der Waals surface area contributed by atoms with Gasteiger partial charge >= 0.3 is 6.03 Å². The molecule has 1 aliphatic carbocycles. The Hall–Kier alpha value is -2.61. The number of carbonyl (C=O) groups excluding carboxylic acids is 2. The molecule has 2 aromatic rings. The second kappa shape index (κ2) is 8.86. The Labute approximate surface area is 186 Å². The van der Waals surface area contributed by atoms with Crippen molar-refractivity contribution in [1.82, 2.24) is 10.4 Å². The molecular weight excluding hydrogens is 416 g/mol. The lowest BCUT2D eigenvalue weighted by atomic mass is 9.74. The van der Waals surface area contributed by atoms with Crippen LogP contribution in [0.2, 0.25) is 5.02 Å². The van der Waals surface area contributed by atoms with Crippen molar-refractivity contribution in [3.63, 3.8) is 0 Å². The van der Waals surface area contributed by atoms with Gasteiger partial charge in [-0.15, -0.1) is 0 Å². The van der Waals surface area contributed by atoms with Crippen molar-refractivity contribution >= 4 is 34.9 Å². The summed E-state index contributed by atoms with van der Waals surface area (Å²) in [5, 5.41) is 17.2. The summed E-state index contributed by atoms with van der Waals surface area (Å²) in [5.41, 5.74) is 3.44. The highest BCUT2D eigenvalue weighted by Gasteiger charge is 2.36. The van der Waals surface area contributed by atoms with Crippen LogP contribution >= 0.6 is 11.6 Å². The molecule has 1 aliphatic heterocycles. The molecule has 4 rings (SSSR count). The van der Waals surface area contributed by atoms with Crippen molar-refractivity contribution in [3.8, 4) is 11.1 Å². The number of nitrogens with one attached hydrogen (secondary N) is 2. The van der Waals surface area contributed by atoms with Crippen LogP contribution in [0.4, 0.5) is 16.2 Å². The van der Waals surface area contributed by atoms with Gasteiger partial charge in [0.1, 0.15) is 0 Å². The maximum absolute atomic E-state index is 12.2. The van der Waals surface area contributed by atoms with Crippen LogP contribution in [0.15, 0.2) is 42.5 Å². The number of anilines is 2. The van der Waals surface area contributed by atoms with Crippen molar-refractivity contribution < 1.29 is 14.8 Å². The molecule has 0 bridgehead atoms. The van der Waals surface area contributed by atoms with Crippen molar-refractivity contribution in [1.29, 1.82) is 0 Å². The molecule has 2 aromatic carbocycles. The standard InChI is InChI=1S/C23H27ClN4O3/c1-27(31)15-13-23(11-3-12-23)26-17-8-6-16(7-9-17)18-4-2-5-19(21(18)24)28-14-10-20(29)25-22(28)30/h2,4-9,26,31H,3,10-15H2,1H3,(H,25,29,30). The van der Waals surface area contributed by atoms with Crippen LogP contribution in [0, 0.1) is 0 Å². The minimum Gasteiger partial charge on any atom is -0.380 e. The lowest BCUT2D eigenvalue weighted by molar-refractivity contribution is -0.120. The second-order valence-corrected chi connectivity index (χ2v) is 8.74. The van der Waals surface area contributed by atoms with Crippen LogP contribution < -0.4 is 15.5 Å². The van der Waals surface area contributed by atoms with Gasteiger partial charge in [0.2, 0.25) is 5.91 Å². The minimum atomic E-state index is -0.450. The molecule has 3 amide bonds. The largest absolute Gasteiger partial charge is 0.380 e. The zero-order chi connectivity index (χ0) is 22.0. The smallest absolute Gasteiger partial charge is 0.328 e. The molecule has 0 radical (unpaired) electrons. The van der Waals surface area contributed by atoms with E-state index in [9.17, 15) is 14.8 Å². The molecule has 2 fully saturated rings. The molecule has 2 aliphatic rings. The first kappa shape index (κ1) is 21.6. The third-order valence-corrected chi connectivity index (χ3v) is 6.55. The van der Waals surface area contributed by atoms with Crippen LogP contribution in [-0.2, 0) is 4.79 Å². The van der Waals surface area contributed by atoms with Gasteiger partial charge in [-0.3, -0.25) is 15.0 Å². The summed E-state index contributed by atoms with van der Waals surface area (Å²) in [6.07, 6.45) is 4.52. The number of imide groups is 1. The second-order valence-electron chi connectivity index (χ2n) is 8.36. The number of hydroxylamine groups is 2. The number of hydrogen-bond acceptors (Lipinski definition) is 5. The number of nitrogens with zero attached hydrogens (tertiary/aromatic N) is 2. The van der Waals surface area contributed by atoms with Gasteiger partial charge < -0.3 is 10.5 Å². The van der Waals surface area contributed by atoms with Gasteiger partial charge in [0.15, 0.2) is 0 Å². The lowest BCUT2D eigenvalue weighted by Gasteiger charge is -2.44. The van der Waals surface area contributed by atoms with Crippen LogP contribution in [0.3, 0.4) is 0 Å². The zero-order valence-electron chi connectivity index (χ0n) is 17.5. The van der Waals surface area contributed by atoms with E-state index in [-0.39, 0.29) is 17.9 Å². The Kier molecular flexibility index (Phi) is 6.18. The van der Waals surface area contributed by atoms with E-state index in [4.69, 9.17) is 11.6 Å². The van der Waals surface area contributed by atoms with E-state index in [1.54, 1.807) is 13.1 Å². The Bertz CT molecular complexity index is 973. The lowest BCUT2D eigenvalue weighted by Crippen LogP contribution is -2.49. The molecule has 3 N–H and O–H groups in total. The summed E-state index contributed by atoms with van der Waals surface area (Å²) >= 11 is 6.68. The first-order valence-electron chi connectivity index (χ1n) is 10.6. The molecule has 0 atom stereocenters. The molecule has 31 heavy (non-hydrogen) atoms. The summed E-state index contributed by atoms with van der Waals surface area (Å²) in [6, 6.07) is 13.2. The predicted molar refractivity (Wildman–Crippen MR) is 122 cm³/mol. The van der Waals surface area contributed by atoms with Crippen molar-refractivity contribution in [3.05, 3.63) is 47.5 Å². The van der Waals surface area contributed by atoms with Crippen LogP contribution in [0.5, 0.6) is 0 Å². The first-order valence-corrected chi connectivity index (χ1v) is 10.9. The SMILES string of the molecule is CN(O)CCC1(Nc2ccc(-c3cccc(N4CCC(=O)NC4=O)c3Cl)cc2)CCC1. The summed E-state index contributed by atoms with van der Waals surface area (Å²) in [7, 11) is 1.67. The zero-order valence-corrected chi connectivity index (χ0v) is 18.3. The highest BCUT2D eigenvalue weighted by atomic mass is 35.5. The van der Waals surface area contributed by atoms with E-state index in [0.29, 0.717) is 23.8 Å². The molecule has 0 unspecified atom stereocenters. The Morgan fingerprint density at radius 1 is 1.19 bits per heavy atom. The Morgan fingerprint density at radius 2 is 1.94 bits per heavy atom. The summed E-state index contributed by atoms with van der Waals surface area (Å²) in [6.45, 7) is 0.935. The van der Waals surface area contributed by atoms with Crippen LogP contribution in [-0.4, -0.2) is 47.9 Å². The maximum atomic E-state index is 12.2. The molecule has 0 aromatic heterocycles. The third-order valence-electron chi connectivity index (χ3n) is 6.15. The van der Waals surface area contributed by atoms with Crippen molar-refractivity contribution in [2.75, 3.05) is 30.4 Å². The molecule has 7 nitrogen and oxygen atoms in total. The third kappa shape index (κ3) is 4.69. The van der Waals surface area contributed by atoms with E-state index in [2.05, 4.69) is 10.6 Å². The average Bonchev–Trinajstić information content (AvgIpc) is 2.71. The molecule has 1 heterocycles. The molecular formula is C23H27ClN4O3. The Balaban J connectivity index is 1.52. The van der Waals surface area contributed by atoms with Crippen LogP contribution in [0.1, 0.15) is 32.1 Å². The fraction of sp³-hybridized carbons (Fsp3) is 0.391. The van der Waals surface area contributed by atoms with Crippen molar-refractivity contribution in [2.24, 2.45) is 0 Å². The predicted octanol–water partition coefficient (Wildman–Crippen LogP) is 4.50. The summed E-state index contributed by atoms with van der Waals surface area (Å²) in [4.78, 5) is 25.2. The van der Waals surface area contributed by atoms with Crippen molar-refractivity contribution in [2.45, 2.75) is 37.6 Å². The molecule has 0 spiro atoms. The number of rotatable bonds is 7. The van der Waals surface area contributed by atoms with Gasteiger partial charge in [-0.2, -0.15) is 5.06 Å². The highest BCUT2D eigenvalue weighted by molar-refractivity contribution is 6.36. The average molecular weight is 443 g/mol. The first-order chi connectivity index (χ1) is 14.9. The number of urea groups is 1. The number of amides is 3. The van der Waals surface area contributed by atoms with Crippen LogP contribution in [0.25, 0.3) is 11.1 Å². The molecule has 1 saturated heterocycles.